The molecule has 0 aromatic rings. The summed E-state index contributed by atoms with van der Waals surface area (Å²) in [5.74, 6) is -0.814. The van der Waals surface area contributed by atoms with E-state index >= 15 is 0 Å². The van der Waals surface area contributed by atoms with E-state index in [1.165, 1.54) is 10.1 Å². The average molecular weight is 258 g/mol. The topological polar surface area (TPSA) is 83.1 Å². The molecular formula is C10H18N4O4. The Hall–Kier alpha value is -1.22. The molecule has 0 aromatic heterocycles. The molecule has 2 rings (SSSR count). The van der Waals surface area contributed by atoms with E-state index in [1.54, 1.807) is 0 Å². The van der Waals surface area contributed by atoms with Crippen LogP contribution in [0.3, 0.4) is 0 Å². The van der Waals surface area contributed by atoms with Crippen molar-refractivity contribution in [2.75, 3.05) is 39.5 Å². The van der Waals surface area contributed by atoms with Gasteiger partial charge in [-0.15, -0.1) is 10.1 Å². The second-order valence-corrected chi connectivity index (χ2v) is 4.15. The second kappa shape index (κ2) is 6.64. The summed E-state index contributed by atoms with van der Waals surface area (Å²) in [6.07, 6.45) is 0.0766. The summed E-state index contributed by atoms with van der Waals surface area (Å²) in [5.41, 5.74) is 0. The molecule has 0 atom stereocenters. The van der Waals surface area contributed by atoms with Crippen LogP contribution in [0.1, 0.15) is 12.8 Å². The molecule has 0 aromatic carbocycles. The molecule has 8 heteroatoms. The fourth-order valence-corrected chi connectivity index (χ4v) is 1.71. The molecule has 0 saturated carbocycles. The van der Waals surface area contributed by atoms with Gasteiger partial charge in [0.05, 0.1) is 26.2 Å². The van der Waals surface area contributed by atoms with Gasteiger partial charge in [0.25, 0.3) is 0 Å². The maximum atomic E-state index is 11.4. The predicted octanol–water partition coefficient (Wildman–Crippen LogP) is -1.59. The summed E-state index contributed by atoms with van der Waals surface area (Å²) in [5, 5.41) is 9.15. The minimum Gasteiger partial charge on any atom is -0.367 e. The fourth-order valence-electron chi connectivity index (χ4n) is 1.71. The Labute approximate surface area is 105 Å². The van der Waals surface area contributed by atoms with Crippen molar-refractivity contribution < 1.29 is 19.3 Å². The highest BCUT2D eigenvalue weighted by molar-refractivity contribution is 5.77. The molecule has 2 fully saturated rings. The first-order valence-electron chi connectivity index (χ1n) is 6.07. The lowest BCUT2D eigenvalue weighted by molar-refractivity contribution is -0.192. The zero-order valence-electron chi connectivity index (χ0n) is 10.2. The van der Waals surface area contributed by atoms with Gasteiger partial charge < -0.3 is 20.3 Å². The van der Waals surface area contributed by atoms with E-state index in [0.717, 1.165) is 13.1 Å². The highest BCUT2D eigenvalue weighted by Gasteiger charge is 2.19. The van der Waals surface area contributed by atoms with Crippen molar-refractivity contribution in [2.45, 2.75) is 12.8 Å². The van der Waals surface area contributed by atoms with Gasteiger partial charge in [0.2, 0.25) is 0 Å². The summed E-state index contributed by atoms with van der Waals surface area (Å²) in [7, 11) is 0. The number of nitrogens with zero attached hydrogens (tertiary/aromatic N) is 2. The number of hydrogen-bond donors (Lipinski definition) is 2. The largest absolute Gasteiger partial charge is 0.367 e. The van der Waals surface area contributed by atoms with Crippen LogP contribution in [-0.2, 0) is 19.3 Å². The van der Waals surface area contributed by atoms with Gasteiger partial charge in [-0.1, -0.05) is 0 Å². The number of nitrogens with one attached hydrogen (secondary N) is 2. The fraction of sp³-hybridized carbons (Fsp3) is 0.800. The molecular weight excluding hydrogens is 240 g/mol. The standard InChI is InChI=1S/C10H18N4O4/c15-9(17-13-5-3-11-7-13)1-2-10(16)18-14-6-4-12-8-14/h11-12H,1-8H2. The third-order valence-electron chi connectivity index (χ3n) is 2.65. The zero-order chi connectivity index (χ0) is 12.8. The number of rotatable bonds is 5. The maximum Gasteiger partial charge on any atom is 0.325 e. The Morgan fingerprint density at radius 2 is 1.33 bits per heavy atom. The molecule has 0 bridgehead atoms. The third kappa shape index (κ3) is 4.22. The average Bonchev–Trinajstić information content (AvgIpc) is 2.99. The Morgan fingerprint density at radius 1 is 0.889 bits per heavy atom. The van der Waals surface area contributed by atoms with Crippen molar-refractivity contribution >= 4 is 11.9 Å². The molecule has 2 aliphatic heterocycles. The summed E-state index contributed by atoms with van der Waals surface area (Å²) >= 11 is 0. The Bertz CT molecular complexity index is 270. The van der Waals surface area contributed by atoms with E-state index in [4.69, 9.17) is 9.68 Å². The van der Waals surface area contributed by atoms with Crippen molar-refractivity contribution in [1.82, 2.24) is 20.8 Å². The molecule has 0 radical (unpaired) electrons. The van der Waals surface area contributed by atoms with Crippen molar-refractivity contribution in [3.63, 3.8) is 0 Å². The smallest absolute Gasteiger partial charge is 0.325 e. The summed E-state index contributed by atoms with van der Waals surface area (Å²) in [6, 6.07) is 0. The molecule has 2 aliphatic rings. The molecule has 0 spiro atoms. The van der Waals surface area contributed by atoms with Crippen molar-refractivity contribution in [3.8, 4) is 0 Å². The lowest BCUT2D eigenvalue weighted by atomic mass is 10.3. The second-order valence-electron chi connectivity index (χ2n) is 4.15. The van der Waals surface area contributed by atoms with Gasteiger partial charge in [-0.3, -0.25) is 9.59 Å². The SMILES string of the molecule is O=C(CCC(=O)ON1CCNC1)ON1CCNC1. The summed E-state index contributed by atoms with van der Waals surface area (Å²) in [6.45, 7) is 4.03. The highest BCUT2D eigenvalue weighted by Crippen LogP contribution is 2.02. The van der Waals surface area contributed by atoms with Gasteiger partial charge in [0.1, 0.15) is 0 Å². The summed E-state index contributed by atoms with van der Waals surface area (Å²) in [4.78, 5) is 32.9. The van der Waals surface area contributed by atoms with Gasteiger partial charge in [-0.05, 0) is 0 Å². The van der Waals surface area contributed by atoms with Crippen LogP contribution in [0, 0.1) is 0 Å². The van der Waals surface area contributed by atoms with Gasteiger partial charge in [-0.2, -0.15) is 0 Å². The maximum absolute atomic E-state index is 11.4. The lowest BCUT2D eigenvalue weighted by Gasteiger charge is -2.14. The monoisotopic (exact) mass is 258 g/mol. The number of carbonyl (C=O) groups is 2. The molecule has 0 aliphatic carbocycles. The number of carbonyl (C=O) groups excluding carboxylic acids is 2. The van der Waals surface area contributed by atoms with E-state index in [9.17, 15) is 9.59 Å². The van der Waals surface area contributed by atoms with Crippen LogP contribution < -0.4 is 10.6 Å². The zero-order valence-corrected chi connectivity index (χ0v) is 10.2. The van der Waals surface area contributed by atoms with Crippen molar-refractivity contribution in [2.24, 2.45) is 0 Å². The van der Waals surface area contributed by atoms with Gasteiger partial charge in [0, 0.05) is 26.2 Å². The summed E-state index contributed by atoms with van der Waals surface area (Å²) < 4.78 is 0. The van der Waals surface area contributed by atoms with Gasteiger partial charge in [-0.25, -0.2) is 0 Å². The molecule has 2 heterocycles. The van der Waals surface area contributed by atoms with E-state index in [1.807, 2.05) is 0 Å². The minimum atomic E-state index is -0.407. The first kappa shape index (κ1) is 13.2. The van der Waals surface area contributed by atoms with Crippen LogP contribution in [0.15, 0.2) is 0 Å². The first-order valence-corrected chi connectivity index (χ1v) is 6.07. The first-order chi connectivity index (χ1) is 8.74. The van der Waals surface area contributed by atoms with Crippen LogP contribution in [-0.4, -0.2) is 61.6 Å². The van der Waals surface area contributed by atoms with E-state index in [2.05, 4.69) is 10.6 Å². The third-order valence-corrected chi connectivity index (χ3v) is 2.65. The Kier molecular flexibility index (Phi) is 4.88. The van der Waals surface area contributed by atoms with Crippen LogP contribution >= 0.6 is 0 Å². The predicted molar refractivity (Wildman–Crippen MR) is 60.6 cm³/mol. The van der Waals surface area contributed by atoms with E-state index in [0.29, 0.717) is 26.4 Å². The Balaban J connectivity index is 1.57. The van der Waals surface area contributed by atoms with E-state index in [-0.39, 0.29) is 12.8 Å². The molecule has 0 unspecified atom stereocenters. The quantitative estimate of drug-likeness (QED) is 0.610. The van der Waals surface area contributed by atoms with Crippen LogP contribution in [0.5, 0.6) is 0 Å². The van der Waals surface area contributed by atoms with E-state index < -0.39 is 11.9 Å². The molecule has 0 amide bonds. The molecule has 8 nitrogen and oxygen atoms in total. The van der Waals surface area contributed by atoms with Crippen LogP contribution in [0.25, 0.3) is 0 Å². The van der Waals surface area contributed by atoms with Gasteiger partial charge >= 0.3 is 11.9 Å². The number of hydroxylamine groups is 4. The Morgan fingerprint density at radius 3 is 1.67 bits per heavy atom. The molecule has 2 saturated heterocycles. The number of hydrogen-bond acceptors (Lipinski definition) is 8. The van der Waals surface area contributed by atoms with Crippen LogP contribution in [0.2, 0.25) is 0 Å². The lowest BCUT2D eigenvalue weighted by Crippen LogP contribution is -2.28. The van der Waals surface area contributed by atoms with Crippen LogP contribution in [0.4, 0.5) is 0 Å². The molecule has 2 N–H and O–H groups in total. The normalized spacial score (nSPS) is 21.1. The highest BCUT2D eigenvalue weighted by atomic mass is 16.7. The van der Waals surface area contributed by atoms with Crippen molar-refractivity contribution in [3.05, 3.63) is 0 Å². The van der Waals surface area contributed by atoms with Gasteiger partial charge in [0.15, 0.2) is 0 Å². The minimum absolute atomic E-state index is 0.0383. The van der Waals surface area contributed by atoms with Crippen molar-refractivity contribution in [1.29, 1.82) is 0 Å². The molecule has 18 heavy (non-hydrogen) atoms. The molecule has 102 valence electrons.